The van der Waals surface area contributed by atoms with Crippen molar-refractivity contribution in [2.75, 3.05) is 18.5 Å². The first-order valence-electron chi connectivity index (χ1n) is 6.59. The van der Waals surface area contributed by atoms with E-state index in [0.29, 0.717) is 6.54 Å². The van der Waals surface area contributed by atoms with Crippen molar-refractivity contribution in [1.29, 1.82) is 0 Å². The molecule has 0 aliphatic carbocycles. The van der Waals surface area contributed by atoms with Crippen LogP contribution in [0, 0.1) is 0 Å². The highest BCUT2D eigenvalue weighted by molar-refractivity contribution is 5.85. The average molecular weight is 301 g/mol. The second-order valence-corrected chi connectivity index (χ2v) is 4.72. The minimum absolute atomic E-state index is 0.100. The molecule has 0 aliphatic rings. The summed E-state index contributed by atoms with van der Waals surface area (Å²) in [5, 5.41) is 8.53. The molecule has 0 bridgehead atoms. The van der Waals surface area contributed by atoms with Gasteiger partial charge in [-0.25, -0.2) is 4.79 Å². The molecule has 1 aromatic carbocycles. The van der Waals surface area contributed by atoms with Crippen molar-refractivity contribution >= 4 is 17.7 Å². The highest BCUT2D eigenvalue weighted by Crippen LogP contribution is 2.37. The number of alkyl halides is 3. The Balaban J connectivity index is 3.17. The number of hydrogen-bond acceptors (Lipinski definition) is 2. The van der Waals surface area contributed by atoms with Gasteiger partial charge in [-0.15, -0.1) is 0 Å². The number of halogens is 3. The van der Waals surface area contributed by atoms with Crippen LogP contribution in [0.25, 0.3) is 6.08 Å². The lowest BCUT2D eigenvalue weighted by molar-refractivity contribution is -0.137. The van der Waals surface area contributed by atoms with Crippen LogP contribution in [0.1, 0.15) is 30.9 Å². The molecule has 0 aliphatic heterocycles. The summed E-state index contributed by atoms with van der Waals surface area (Å²) in [6.07, 6.45) is -0.828. The monoisotopic (exact) mass is 301 g/mol. The van der Waals surface area contributed by atoms with Crippen LogP contribution in [0.4, 0.5) is 18.9 Å². The summed E-state index contributed by atoms with van der Waals surface area (Å²) in [5.74, 6) is -1.20. The minimum atomic E-state index is -4.48. The normalized spacial score (nSPS) is 11.9. The SMILES string of the molecule is CCCCN(C)c1ccc(/C=C/C(=O)O)cc1C(F)(F)F. The van der Waals surface area contributed by atoms with Gasteiger partial charge < -0.3 is 10.0 Å². The van der Waals surface area contributed by atoms with Gasteiger partial charge in [0.05, 0.1) is 5.56 Å². The third kappa shape index (κ3) is 5.13. The Bertz CT molecular complexity index is 524. The lowest BCUT2D eigenvalue weighted by atomic mass is 10.1. The first kappa shape index (κ1) is 17.1. The van der Waals surface area contributed by atoms with Crippen molar-refractivity contribution in [3.8, 4) is 0 Å². The van der Waals surface area contributed by atoms with E-state index in [0.717, 1.165) is 31.1 Å². The van der Waals surface area contributed by atoms with E-state index in [1.54, 1.807) is 11.9 Å². The fraction of sp³-hybridized carbons (Fsp3) is 0.400. The van der Waals surface area contributed by atoms with E-state index in [-0.39, 0.29) is 11.3 Å². The summed E-state index contributed by atoms with van der Waals surface area (Å²) >= 11 is 0. The van der Waals surface area contributed by atoms with Crippen LogP contribution in [0.3, 0.4) is 0 Å². The smallest absolute Gasteiger partial charge is 0.418 e. The van der Waals surface area contributed by atoms with E-state index >= 15 is 0 Å². The molecule has 0 saturated carbocycles. The molecule has 0 radical (unpaired) electrons. The van der Waals surface area contributed by atoms with E-state index in [9.17, 15) is 18.0 Å². The second kappa shape index (κ2) is 7.15. The Labute approximate surface area is 121 Å². The van der Waals surface area contributed by atoms with Crippen LogP contribution in [0.5, 0.6) is 0 Å². The molecule has 0 saturated heterocycles. The van der Waals surface area contributed by atoms with Crippen molar-refractivity contribution in [1.82, 2.24) is 0 Å². The first-order valence-corrected chi connectivity index (χ1v) is 6.59. The fourth-order valence-corrected chi connectivity index (χ4v) is 1.90. The van der Waals surface area contributed by atoms with Gasteiger partial charge in [-0.2, -0.15) is 13.2 Å². The highest BCUT2D eigenvalue weighted by Gasteiger charge is 2.34. The molecule has 0 heterocycles. The molecular formula is C15H18F3NO2. The molecule has 1 N–H and O–H groups in total. The Morgan fingerprint density at radius 2 is 2.05 bits per heavy atom. The molecular weight excluding hydrogens is 283 g/mol. The number of anilines is 1. The molecule has 3 nitrogen and oxygen atoms in total. The Morgan fingerprint density at radius 3 is 2.57 bits per heavy atom. The van der Waals surface area contributed by atoms with Crippen LogP contribution in [-0.4, -0.2) is 24.7 Å². The van der Waals surface area contributed by atoms with E-state index < -0.39 is 17.7 Å². The van der Waals surface area contributed by atoms with Crippen molar-refractivity contribution in [2.24, 2.45) is 0 Å². The summed E-state index contributed by atoms with van der Waals surface area (Å²) in [6, 6.07) is 3.82. The summed E-state index contributed by atoms with van der Waals surface area (Å²) in [4.78, 5) is 12.0. The number of benzene rings is 1. The second-order valence-electron chi connectivity index (χ2n) is 4.72. The lowest BCUT2D eigenvalue weighted by Crippen LogP contribution is -2.22. The average Bonchev–Trinajstić information content (AvgIpc) is 2.41. The van der Waals surface area contributed by atoms with Gasteiger partial charge in [0.25, 0.3) is 0 Å². The zero-order valence-electron chi connectivity index (χ0n) is 11.9. The molecule has 1 rings (SSSR count). The van der Waals surface area contributed by atoms with E-state index in [4.69, 9.17) is 5.11 Å². The third-order valence-electron chi connectivity index (χ3n) is 3.00. The van der Waals surface area contributed by atoms with Gasteiger partial charge >= 0.3 is 12.1 Å². The number of hydrogen-bond donors (Lipinski definition) is 1. The maximum atomic E-state index is 13.1. The summed E-state index contributed by atoms with van der Waals surface area (Å²) in [7, 11) is 1.62. The number of rotatable bonds is 6. The van der Waals surface area contributed by atoms with Crippen molar-refractivity contribution in [2.45, 2.75) is 25.9 Å². The molecule has 0 atom stereocenters. The van der Waals surface area contributed by atoms with Gasteiger partial charge in [0.15, 0.2) is 0 Å². The predicted octanol–water partition coefficient (Wildman–Crippen LogP) is 4.04. The maximum absolute atomic E-state index is 13.1. The quantitative estimate of drug-likeness (QED) is 0.806. The predicted molar refractivity (Wildman–Crippen MR) is 76.3 cm³/mol. The largest absolute Gasteiger partial charge is 0.478 e. The van der Waals surface area contributed by atoms with Crippen molar-refractivity contribution in [3.63, 3.8) is 0 Å². The molecule has 0 fully saturated rings. The van der Waals surface area contributed by atoms with Crippen LogP contribution < -0.4 is 4.90 Å². The molecule has 0 aromatic heterocycles. The standard InChI is InChI=1S/C15H18F3NO2/c1-3-4-9-19(2)13-7-5-11(6-8-14(20)21)10-12(13)15(16,17)18/h5-8,10H,3-4,9H2,1-2H3,(H,20,21)/b8-6+. The van der Waals surface area contributed by atoms with Gasteiger partial charge in [0.2, 0.25) is 0 Å². The summed E-state index contributed by atoms with van der Waals surface area (Å²) in [6.45, 7) is 2.50. The summed E-state index contributed by atoms with van der Waals surface area (Å²) in [5.41, 5.74) is -0.450. The molecule has 0 unspecified atom stereocenters. The fourth-order valence-electron chi connectivity index (χ4n) is 1.90. The molecule has 0 amide bonds. The lowest BCUT2D eigenvalue weighted by Gasteiger charge is -2.23. The van der Waals surface area contributed by atoms with Gasteiger partial charge in [0, 0.05) is 25.4 Å². The van der Waals surface area contributed by atoms with Gasteiger partial charge in [0.1, 0.15) is 0 Å². The third-order valence-corrected chi connectivity index (χ3v) is 3.00. The number of carbonyl (C=O) groups is 1. The Kier molecular flexibility index (Phi) is 5.81. The number of unbranched alkanes of at least 4 members (excludes halogenated alkanes) is 1. The van der Waals surface area contributed by atoms with Gasteiger partial charge in [-0.1, -0.05) is 19.4 Å². The van der Waals surface area contributed by atoms with E-state index in [2.05, 4.69) is 0 Å². The number of aliphatic carboxylic acids is 1. The Hall–Kier alpha value is -1.98. The van der Waals surface area contributed by atoms with Gasteiger partial charge in [-0.05, 0) is 30.2 Å². The van der Waals surface area contributed by atoms with Crippen LogP contribution in [0.15, 0.2) is 24.3 Å². The topological polar surface area (TPSA) is 40.5 Å². The first-order chi connectivity index (χ1) is 9.75. The number of carboxylic acids is 1. The van der Waals surface area contributed by atoms with E-state index in [1.165, 1.54) is 12.1 Å². The zero-order valence-corrected chi connectivity index (χ0v) is 11.9. The van der Waals surface area contributed by atoms with Crippen LogP contribution in [-0.2, 0) is 11.0 Å². The van der Waals surface area contributed by atoms with Crippen LogP contribution in [0.2, 0.25) is 0 Å². The number of nitrogens with zero attached hydrogens (tertiary/aromatic N) is 1. The summed E-state index contributed by atoms with van der Waals surface area (Å²) < 4.78 is 39.4. The maximum Gasteiger partial charge on any atom is 0.418 e. The molecule has 0 spiro atoms. The zero-order chi connectivity index (χ0) is 16.0. The molecule has 21 heavy (non-hydrogen) atoms. The Morgan fingerprint density at radius 1 is 1.38 bits per heavy atom. The highest BCUT2D eigenvalue weighted by atomic mass is 19.4. The molecule has 6 heteroatoms. The van der Waals surface area contributed by atoms with Crippen LogP contribution >= 0.6 is 0 Å². The molecule has 1 aromatic rings. The molecule has 116 valence electrons. The van der Waals surface area contributed by atoms with Crippen molar-refractivity contribution in [3.05, 3.63) is 35.4 Å². The minimum Gasteiger partial charge on any atom is -0.478 e. The van der Waals surface area contributed by atoms with Gasteiger partial charge in [-0.3, -0.25) is 0 Å². The number of carboxylic acid groups (broad SMARTS) is 1. The van der Waals surface area contributed by atoms with Crippen molar-refractivity contribution < 1.29 is 23.1 Å². The van der Waals surface area contributed by atoms with E-state index in [1.807, 2.05) is 6.92 Å².